The van der Waals surface area contributed by atoms with Gasteiger partial charge in [-0.3, -0.25) is 0 Å². The number of ether oxygens (including phenoxy) is 1. The van der Waals surface area contributed by atoms with Crippen LogP contribution < -0.4 is 10.6 Å². The number of hydrogen-bond donors (Lipinski definition) is 2. The van der Waals surface area contributed by atoms with Gasteiger partial charge in [0.1, 0.15) is 0 Å². The van der Waals surface area contributed by atoms with Crippen LogP contribution in [0, 0.1) is 17.8 Å². The highest BCUT2D eigenvalue weighted by atomic mass is 32.1. The van der Waals surface area contributed by atoms with E-state index in [-0.39, 0.29) is 5.97 Å². The molecule has 2 fully saturated rings. The molecule has 0 amide bonds. The van der Waals surface area contributed by atoms with Crippen LogP contribution in [0.1, 0.15) is 49.9 Å². The van der Waals surface area contributed by atoms with Crippen molar-refractivity contribution in [2.45, 2.75) is 45.6 Å². The lowest BCUT2D eigenvalue weighted by Gasteiger charge is -2.29. The van der Waals surface area contributed by atoms with Crippen molar-refractivity contribution in [3.8, 4) is 0 Å². The van der Waals surface area contributed by atoms with Gasteiger partial charge in [-0.05, 0) is 87.3 Å². The Morgan fingerprint density at radius 2 is 2.04 bits per heavy atom. The Labute approximate surface area is 149 Å². The van der Waals surface area contributed by atoms with Gasteiger partial charge in [0.2, 0.25) is 0 Å². The number of thiocarbonyl (C=S) groups is 1. The van der Waals surface area contributed by atoms with E-state index in [1.807, 2.05) is 12.1 Å². The smallest absolute Gasteiger partial charge is 0.338 e. The Balaban J connectivity index is 1.50. The Kier molecular flexibility index (Phi) is 5.39. The van der Waals surface area contributed by atoms with Crippen molar-refractivity contribution in [3.05, 3.63) is 29.8 Å². The summed E-state index contributed by atoms with van der Waals surface area (Å²) >= 11 is 5.45. The minimum absolute atomic E-state index is 0.297. The average Bonchev–Trinajstić information content (AvgIpc) is 3.18. The quantitative estimate of drug-likeness (QED) is 0.624. The van der Waals surface area contributed by atoms with Crippen LogP contribution in [0.3, 0.4) is 0 Å². The molecule has 0 heterocycles. The van der Waals surface area contributed by atoms with E-state index in [1.54, 1.807) is 19.1 Å². The van der Waals surface area contributed by atoms with Gasteiger partial charge in [-0.25, -0.2) is 4.79 Å². The monoisotopic (exact) mass is 346 g/mol. The summed E-state index contributed by atoms with van der Waals surface area (Å²) in [4.78, 5) is 11.7. The van der Waals surface area contributed by atoms with Crippen LogP contribution in [0.2, 0.25) is 0 Å². The van der Waals surface area contributed by atoms with Crippen LogP contribution in [-0.4, -0.2) is 23.7 Å². The summed E-state index contributed by atoms with van der Waals surface area (Å²) in [5, 5.41) is 7.30. The molecule has 1 aromatic rings. The van der Waals surface area contributed by atoms with Crippen molar-refractivity contribution in [1.82, 2.24) is 5.32 Å². The fourth-order valence-electron chi connectivity index (χ4n) is 4.29. The Bertz CT molecular complexity index is 602. The molecule has 24 heavy (non-hydrogen) atoms. The van der Waals surface area contributed by atoms with Gasteiger partial charge >= 0.3 is 5.97 Å². The summed E-state index contributed by atoms with van der Waals surface area (Å²) in [6.45, 7) is 4.42. The van der Waals surface area contributed by atoms with E-state index in [1.165, 1.54) is 25.7 Å². The second-order valence-electron chi connectivity index (χ2n) is 7.02. The molecule has 4 nitrogen and oxygen atoms in total. The van der Waals surface area contributed by atoms with Crippen molar-refractivity contribution >= 4 is 29.0 Å². The maximum atomic E-state index is 11.7. The Morgan fingerprint density at radius 1 is 1.29 bits per heavy atom. The Morgan fingerprint density at radius 3 is 2.62 bits per heavy atom. The number of carbonyl (C=O) groups is 1. The normalized spacial score (nSPS) is 26.0. The summed E-state index contributed by atoms with van der Waals surface area (Å²) < 4.78 is 4.99. The molecule has 0 spiro atoms. The van der Waals surface area contributed by atoms with Gasteiger partial charge in [-0.15, -0.1) is 0 Å². The summed E-state index contributed by atoms with van der Waals surface area (Å²) in [7, 11) is 0. The van der Waals surface area contributed by atoms with Crippen LogP contribution in [0.4, 0.5) is 5.69 Å². The lowest BCUT2D eigenvalue weighted by Crippen LogP contribution is -2.42. The summed E-state index contributed by atoms with van der Waals surface area (Å²) in [5.74, 6) is 2.27. The van der Waals surface area contributed by atoms with E-state index in [4.69, 9.17) is 17.0 Å². The van der Waals surface area contributed by atoms with E-state index >= 15 is 0 Å². The summed E-state index contributed by atoms with van der Waals surface area (Å²) in [6.07, 6.45) is 5.56. The summed E-state index contributed by atoms with van der Waals surface area (Å²) in [6, 6.07) is 7.61. The zero-order valence-electron chi connectivity index (χ0n) is 14.4. The summed E-state index contributed by atoms with van der Waals surface area (Å²) in [5.41, 5.74) is 1.43. The third-order valence-electron chi connectivity index (χ3n) is 5.45. The minimum atomic E-state index is -0.297. The predicted molar refractivity (Wildman–Crippen MR) is 100 cm³/mol. The predicted octanol–water partition coefficient (Wildman–Crippen LogP) is 3.97. The standard InChI is InChI=1S/C19H26N2O2S/c1-3-23-18(22)14-6-8-16(9-7-14)21-19(24)20-12(2)17-11-13-4-5-15(17)10-13/h6-9,12-13,15,17H,3-5,10-11H2,1-2H3,(H2,20,21,24)/t12-,13+,15+,17+/m0/s1. The van der Waals surface area contributed by atoms with Gasteiger partial charge in [-0.1, -0.05) is 6.42 Å². The van der Waals surface area contributed by atoms with Crippen LogP contribution in [0.5, 0.6) is 0 Å². The topological polar surface area (TPSA) is 50.4 Å². The molecule has 2 aliphatic carbocycles. The molecule has 0 saturated heterocycles. The van der Waals surface area contributed by atoms with E-state index in [0.717, 1.165) is 23.4 Å². The number of benzene rings is 1. The molecule has 0 unspecified atom stereocenters. The molecule has 2 N–H and O–H groups in total. The molecular weight excluding hydrogens is 320 g/mol. The number of esters is 1. The molecule has 2 saturated carbocycles. The molecule has 5 heteroatoms. The van der Waals surface area contributed by atoms with Gasteiger partial charge in [0.15, 0.2) is 5.11 Å². The lowest BCUT2D eigenvalue weighted by atomic mass is 9.84. The third-order valence-corrected chi connectivity index (χ3v) is 5.67. The van der Waals surface area contributed by atoms with E-state index < -0.39 is 0 Å². The van der Waals surface area contributed by atoms with Crippen molar-refractivity contribution in [3.63, 3.8) is 0 Å². The number of hydrogen-bond acceptors (Lipinski definition) is 3. The highest BCUT2D eigenvalue weighted by molar-refractivity contribution is 7.80. The van der Waals surface area contributed by atoms with Crippen LogP contribution in [0.15, 0.2) is 24.3 Å². The van der Waals surface area contributed by atoms with Gasteiger partial charge in [0.05, 0.1) is 12.2 Å². The average molecular weight is 346 g/mol. The van der Waals surface area contributed by atoms with Crippen molar-refractivity contribution < 1.29 is 9.53 Å². The molecule has 130 valence electrons. The molecule has 4 atom stereocenters. The first-order chi connectivity index (χ1) is 11.6. The molecule has 0 radical (unpaired) electrons. The number of carbonyl (C=O) groups excluding carboxylic acids is 1. The number of anilines is 1. The molecule has 2 bridgehead atoms. The highest BCUT2D eigenvalue weighted by Crippen LogP contribution is 2.49. The first-order valence-corrected chi connectivity index (χ1v) is 9.32. The van der Waals surface area contributed by atoms with Crippen LogP contribution in [-0.2, 0) is 4.74 Å². The molecule has 0 aromatic heterocycles. The second-order valence-corrected chi connectivity index (χ2v) is 7.43. The van der Waals surface area contributed by atoms with Crippen molar-refractivity contribution in [1.29, 1.82) is 0 Å². The zero-order valence-corrected chi connectivity index (χ0v) is 15.2. The largest absolute Gasteiger partial charge is 0.462 e. The van der Waals surface area contributed by atoms with E-state index in [2.05, 4.69) is 17.6 Å². The molecular formula is C19H26N2O2S. The number of fused-ring (bicyclic) bond motifs is 2. The van der Waals surface area contributed by atoms with Gasteiger partial charge in [0, 0.05) is 11.7 Å². The van der Waals surface area contributed by atoms with Crippen LogP contribution >= 0.6 is 12.2 Å². The number of rotatable bonds is 5. The molecule has 0 aliphatic heterocycles. The highest BCUT2D eigenvalue weighted by Gasteiger charge is 2.41. The maximum Gasteiger partial charge on any atom is 0.338 e. The van der Waals surface area contributed by atoms with Crippen molar-refractivity contribution in [2.75, 3.05) is 11.9 Å². The fourth-order valence-corrected chi connectivity index (χ4v) is 4.60. The lowest BCUT2D eigenvalue weighted by molar-refractivity contribution is 0.0526. The van der Waals surface area contributed by atoms with Gasteiger partial charge in [0.25, 0.3) is 0 Å². The molecule has 3 rings (SSSR count). The first-order valence-electron chi connectivity index (χ1n) is 8.91. The minimum Gasteiger partial charge on any atom is -0.462 e. The molecule has 2 aliphatic rings. The third kappa shape index (κ3) is 3.89. The second kappa shape index (κ2) is 7.51. The van der Waals surface area contributed by atoms with E-state index in [9.17, 15) is 4.79 Å². The Hall–Kier alpha value is -1.62. The fraction of sp³-hybridized carbons (Fsp3) is 0.579. The van der Waals surface area contributed by atoms with E-state index in [0.29, 0.717) is 23.3 Å². The van der Waals surface area contributed by atoms with Gasteiger partial charge < -0.3 is 15.4 Å². The van der Waals surface area contributed by atoms with Gasteiger partial charge in [-0.2, -0.15) is 0 Å². The van der Waals surface area contributed by atoms with Crippen molar-refractivity contribution in [2.24, 2.45) is 17.8 Å². The SMILES string of the molecule is CCOC(=O)c1ccc(NC(=S)N[C@@H](C)[C@H]2C[C@@H]3CC[C@@H]2C3)cc1. The zero-order chi connectivity index (χ0) is 17.1. The van der Waals surface area contributed by atoms with Crippen LogP contribution in [0.25, 0.3) is 0 Å². The molecule has 1 aromatic carbocycles. The maximum absolute atomic E-state index is 11.7. The number of nitrogens with one attached hydrogen (secondary N) is 2. The first kappa shape index (κ1) is 17.2.